The Morgan fingerprint density at radius 2 is 1.61 bits per heavy atom. The van der Waals surface area contributed by atoms with E-state index in [0.29, 0.717) is 28.4 Å². The minimum Gasteiger partial charge on any atom is -0.493 e. The molecule has 3 rings (SSSR count). The van der Waals surface area contributed by atoms with Crippen LogP contribution >= 0.6 is 15.9 Å². The second-order valence-corrected chi connectivity index (χ2v) is 8.69. The highest BCUT2D eigenvalue weighted by atomic mass is 79.9. The molecule has 0 saturated heterocycles. The van der Waals surface area contributed by atoms with Crippen molar-refractivity contribution < 1.29 is 33.3 Å². The van der Waals surface area contributed by atoms with Crippen molar-refractivity contribution in [3.05, 3.63) is 81.3 Å². The summed E-state index contributed by atoms with van der Waals surface area (Å²) in [5, 5.41) is 6.43. The molecular weight excluding hydrogens is 558 g/mol. The Labute approximate surface area is 228 Å². The van der Waals surface area contributed by atoms with E-state index in [1.807, 2.05) is 19.1 Å². The summed E-state index contributed by atoms with van der Waals surface area (Å²) in [6.45, 7) is 1.47. The average Bonchev–Trinajstić information content (AvgIpc) is 2.92. The molecule has 198 valence electrons. The first-order valence-corrected chi connectivity index (χ1v) is 12.0. The molecule has 0 aromatic heterocycles. The second kappa shape index (κ2) is 13.2. The van der Waals surface area contributed by atoms with Gasteiger partial charge in [-0.3, -0.25) is 9.59 Å². The average molecular weight is 584 g/mol. The van der Waals surface area contributed by atoms with Crippen LogP contribution in [0.3, 0.4) is 0 Å². The maximum absolute atomic E-state index is 12.6. The number of carbonyl (C=O) groups excluding carboxylic acids is 3. The molecule has 2 amide bonds. The standard InChI is InChI=1S/C27H26BrN3O7/c1-16-7-5-6-8-20(16)27(34)38-21-10-9-19(28)11-18(21)14-30-31-24(32)15-29-26(33)17-12-22(35-2)25(37-4)23(13-17)36-3/h5-14H,15H2,1-4H3,(H,29,33)(H,31,32)/b30-14-. The third kappa shape index (κ3) is 7.10. The Kier molecular flexibility index (Phi) is 9.83. The molecule has 10 nitrogen and oxygen atoms in total. The monoisotopic (exact) mass is 583 g/mol. The fourth-order valence-corrected chi connectivity index (χ4v) is 3.74. The molecule has 0 spiro atoms. The first-order chi connectivity index (χ1) is 18.3. The van der Waals surface area contributed by atoms with Crippen molar-refractivity contribution in [2.45, 2.75) is 6.92 Å². The third-order valence-electron chi connectivity index (χ3n) is 5.27. The zero-order chi connectivity index (χ0) is 27.7. The summed E-state index contributed by atoms with van der Waals surface area (Å²) in [7, 11) is 4.33. The fraction of sp³-hybridized carbons (Fsp3) is 0.185. The number of aryl methyl sites for hydroxylation is 1. The van der Waals surface area contributed by atoms with Crippen LogP contribution in [0.25, 0.3) is 0 Å². The van der Waals surface area contributed by atoms with E-state index in [0.717, 1.165) is 10.0 Å². The lowest BCUT2D eigenvalue weighted by Crippen LogP contribution is -2.35. The van der Waals surface area contributed by atoms with Crippen LogP contribution in [0.4, 0.5) is 0 Å². The van der Waals surface area contributed by atoms with Gasteiger partial charge in [-0.05, 0) is 48.9 Å². The van der Waals surface area contributed by atoms with Crippen LogP contribution in [0.15, 0.2) is 64.2 Å². The normalized spacial score (nSPS) is 10.6. The molecule has 0 aliphatic rings. The zero-order valence-corrected chi connectivity index (χ0v) is 22.7. The van der Waals surface area contributed by atoms with Crippen molar-refractivity contribution >= 4 is 39.9 Å². The number of methoxy groups -OCH3 is 3. The number of hydrogen-bond donors (Lipinski definition) is 2. The first kappa shape index (κ1) is 28.2. The highest BCUT2D eigenvalue weighted by molar-refractivity contribution is 9.10. The number of ether oxygens (including phenoxy) is 4. The second-order valence-electron chi connectivity index (χ2n) is 7.78. The van der Waals surface area contributed by atoms with Crippen LogP contribution < -0.4 is 29.7 Å². The number of hydrazone groups is 1. The highest BCUT2D eigenvalue weighted by Crippen LogP contribution is 2.38. The van der Waals surface area contributed by atoms with Gasteiger partial charge in [-0.25, -0.2) is 10.2 Å². The molecule has 3 aromatic rings. The van der Waals surface area contributed by atoms with Crippen molar-refractivity contribution in [2.24, 2.45) is 5.10 Å². The number of hydrogen-bond acceptors (Lipinski definition) is 8. The summed E-state index contributed by atoms with van der Waals surface area (Å²) in [6.07, 6.45) is 1.34. The van der Waals surface area contributed by atoms with Crippen molar-refractivity contribution in [2.75, 3.05) is 27.9 Å². The molecule has 0 heterocycles. The van der Waals surface area contributed by atoms with Crippen molar-refractivity contribution in [3.63, 3.8) is 0 Å². The summed E-state index contributed by atoms with van der Waals surface area (Å²) in [5.41, 5.74) is 4.22. The van der Waals surface area contributed by atoms with Gasteiger partial charge in [0.1, 0.15) is 5.75 Å². The number of nitrogens with zero attached hydrogens (tertiary/aromatic N) is 1. The Morgan fingerprint density at radius 3 is 2.24 bits per heavy atom. The van der Waals surface area contributed by atoms with Gasteiger partial charge in [-0.15, -0.1) is 0 Å². The van der Waals surface area contributed by atoms with Gasteiger partial charge >= 0.3 is 5.97 Å². The smallest absolute Gasteiger partial charge is 0.343 e. The number of rotatable bonds is 10. The molecular formula is C27H26BrN3O7. The van der Waals surface area contributed by atoms with Gasteiger partial charge in [0.25, 0.3) is 11.8 Å². The van der Waals surface area contributed by atoms with Crippen LogP contribution in [0.2, 0.25) is 0 Å². The van der Waals surface area contributed by atoms with Crippen LogP contribution in [0.5, 0.6) is 23.0 Å². The van der Waals surface area contributed by atoms with E-state index in [-0.39, 0.29) is 17.9 Å². The molecule has 0 unspecified atom stereocenters. The highest BCUT2D eigenvalue weighted by Gasteiger charge is 2.18. The summed E-state index contributed by atoms with van der Waals surface area (Å²) in [5.74, 6) is -0.404. The Bertz CT molecular complexity index is 1350. The molecule has 0 atom stereocenters. The number of nitrogens with one attached hydrogen (secondary N) is 2. The first-order valence-electron chi connectivity index (χ1n) is 11.2. The van der Waals surface area contributed by atoms with Gasteiger partial charge in [-0.1, -0.05) is 34.1 Å². The van der Waals surface area contributed by atoms with Crippen LogP contribution in [0.1, 0.15) is 31.8 Å². The quantitative estimate of drug-likeness (QED) is 0.160. The summed E-state index contributed by atoms with van der Waals surface area (Å²) < 4.78 is 22.0. The summed E-state index contributed by atoms with van der Waals surface area (Å²) in [6, 6.07) is 15.0. The molecule has 0 aliphatic heterocycles. The maximum Gasteiger partial charge on any atom is 0.343 e. The van der Waals surface area contributed by atoms with Crippen LogP contribution in [-0.4, -0.2) is 51.9 Å². The van der Waals surface area contributed by atoms with Crippen molar-refractivity contribution in [1.29, 1.82) is 0 Å². The molecule has 0 fully saturated rings. The Hall–Kier alpha value is -4.38. The van der Waals surface area contributed by atoms with Crippen molar-refractivity contribution in [3.8, 4) is 23.0 Å². The Balaban J connectivity index is 1.63. The van der Waals surface area contributed by atoms with Crippen molar-refractivity contribution in [1.82, 2.24) is 10.7 Å². The number of carbonyl (C=O) groups is 3. The van der Waals surface area contributed by atoms with Gasteiger partial charge in [-0.2, -0.15) is 5.10 Å². The van der Waals surface area contributed by atoms with Crippen LogP contribution in [0, 0.1) is 6.92 Å². The minimum atomic E-state index is -0.574. The number of benzene rings is 3. The predicted octanol–water partition coefficient (Wildman–Crippen LogP) is 3.88. The minimum absolute atomic E-state index is 0.213. The van der Waals surface area contributed by atoms with Crippen LogP contribution in [-0.2, 0) is 4.79 Å². The number of halogens is 1. The van der Waals surface area contributed by atoms with E-state index < -0.39 is 17.8 Å². The zero-order valence-electron chi connectivity index (χ0n) is 21.2. The largest absolute Gasteiger partial charge is 0.493 e. The van der Waals surface area contributed by atoms with E-state index in [1.165, 1.54) is 39.7 Å². The lowest BCUT2D eigenvalue weighted by molar-refractivity contribution is -0.120. The molecule has 11 heteroatoms. The van der Waals surface area contributed by atoms with Gasteiger partial charge in [0, 0.05) is 15.6 Å². The Morgan fingerprint density at radius 1 is 0.921 bits per heavy atom. The predicted molar refractivity (Wildman–Crippen MR) is 144 cm³/mol. The van der Waals surface area contributed by atoms with E-state index in [4.69, 9.17) is 18.9 Å². The molecule has 0 bridgehead atoms. The van der Waals surface area contributed by atoms with E-state index in [1.54, 1.807) is 30.3 Å². The van der Waals surface area contributed by atoms with E-state index >= 15 is 0 Å². The molecule has 0 saturated carbocycles. The number of amides is 2. The van der Waals surface area contributed by atoms with Gasteiger partial charge in [0.2, 0.25) is 5.75 Å². The summed E-state index contributed by atoms with van der Waals surface area (Å²) >= 11 is 3.37. The third-order valence-corrected chi connectivity index (χ3v) is 5.76. The maximum atomic E-state index is 12.6. The molecule has 0 aliphatic carbocycles. The molecule has 0 radical (unpaired) electrons. The molecule has 2 N–H and O–H groups in total. The molecule has 38 heavy (non-hydrogen) atoms. The van der Waals surface area contributed by atoms with Gasteiger partial charge in [0.15, 0.2) is 11.5 Å². The lowest BCUT2D eigenvalue weighted by Gasteiger charge is -2.14. The molecule has 3 aromatic carbocycles. The summed E-state index contributed by atoms with van der Waals surface area (Å²) in [4.78, 5) is 37.5. The van der Waals surface area contributed by atoms with E-state index in [2.05, 4.69) is 31.8 Å². The fourth-order valence-electron chi connectivity index (χ4n) is 3.36. The SMILES string of the molecule is COc1cc(C(=O)NCC(=O)N/N=C\c2cc(Br)ccc2OC(=O)c2ccccc2C)cc(OC)c1OC. The van der Waals surface area contributed by atoms with Gasteiger partial charge in [0.05, 0.1) is 39.7 Å². The van der Waals surface area contributed by atoms with E-state index in [9.17, 15) is 14.4 Å². The lowest BCUT2D eigenvalue weighted by atomic mass is 10.1. The number of esters is 1. The topological polar surface area (TPSA) is 125 Å². The van der Waals surface area contributed by atoms with Gasteiger partial charge < -0.3 is 24.3 Å².